The third kappa shape index (κ3) is 8.17. The van der Waals surface area contributed by atoms with Gasteiger partial charge in [0.2, 0.25) is 5.91 Å². The highest BCUT2D eigenvalue weighted by atomic mass is 16.5. The number of carbonyl (C=O) groups is 2. The predicted molar refractivity (Wildman–Crippen MR) is 134 cm³/mol. The standard InChI is InChI=1S/C28H38N2O4/c1-29(2)17-7-6-11-23-13-15-26(16-14-23)34-21-25-19-24(20-27(31)32)28(33)30(25)18-8-12-22-9-4-3-5-10-22/h3-5,9-10,13-16,24-25H,6-8,11-12,17-21H2,1-2H3,(H,31,32)/t24-,25-/m0/s1. The van der Waals surface area contributed by atoms with Gasteiger partial charge in [-0.2, -0.15) is 0 Å². The molecule has 0 radical (unpaired) electrons. The molecule has 0 spiro atoms. The average molecular weight is 467 g/mol. The van der Waals surface area contributed by atoms with Crippen LogP contribution >= 0.6 is 0 Å². The summed E-state index contributed by atoms with van der Waals surface area (Å²) in [5, 5.41) is 9.22. The van der Waals surface area contributed by atoms with Gasteiger partial charge in [-0.3, -0.25) is 9.59 Å². The Morgan fingerprint density at radius 3 is 2.35 bits per heavy atom. The summed E-state index contributed by atoms with van der Waals surface area (Å²) in [5.41, 5.74) is 2.54. The number of likely N-dealkylation sites (tertiary alicyclic amines) is 1. The lowest BCUT2D eigenvalue weighted by Gasteiger charge is -2.25. The van der Waals surface area contributed by atoms with E-state index in [9.17, 15) is 14.7 Å². The van der Waals surface area contributed by atoms with Gasteiger partial charge in [0, 0.05) is 6.54 Å². The Hall–Kier alpha value is -2.86. The van der Waals surface area contributed by atoms with E-state index in [4.69, 9.17) is 4.74 Å². The third-order valence-corrected chi connectivity index (χ3v) is 6.44. The second-order valence-corrected chi connectivity index (χ2v) is 9.52. The van der Waals surface area contributed by atoms with Crippen molar-refractivity contribution in [3.8, 4) is 5.75 Å². The van der Waals surface area contributed by atoms with Crippen molar-refractivity contribution < 1.29 is 19.4 Å². The summed E-state index contributed by atoms with van der Waals surface area (Å²) in [6.07, 6.45) is 5.53. The molecular weight excluding hydrogens is 428 g/mol. The molecule has 184 valence electrons. The molecule has 1 heterocycles. The smallest absolute Gasteiger partial charge is 0.304 e. The minimum Gasteiger partial charge on any atom is -0.491 e. The largest absolute Gasteiger partial charge is 0.491 e. The van der Waals surface area contributed by atoms with E-state index in [0.29, 0.717) is 19.6 Å². The minimum atomic E-state index is -0.926. The summed E-state index contributed by atoms with van der Waals surface area (Å²) in [6.45, 7) is 2.10. The van der Waals surface area contributed by atoms with Crippen molar-refractivity contribution in [2.45, 2.75) is 51.0 Å². The van der Waals surface area contributed by atoms with Gasteiger partial charge in [-0.25, -0.2) is 0 Å². The monoisotopic (exact) mass is 466 g/mol. The molecule has 1 saturated heterocycles. The van der Waals surface area contributed by atoms with Gasteiger partial charge in [-0.1, -0.05) is 42.5 Å². The molecule has 0 aliphatic carbocycles. The number of nitrogens with zero attached hydrogens (tertiary/aromatic N) is 2. The molecule has 1 aliphatic heterocycles. The lowest BCUT2D eigenvalue weighted by Crippen LogP contribution is -2.38. The molecule has 0 bridgehead atoms. The molecule has 3 rings (SSSR count). The van der Waals surface area contributed by atoms with Crippen molar-refractivity contribution in [1.29, 1.82) is 0 Å². The molecule has 1 N–H and O–H groups in total. The lowest BCUT2D eigenvalue weighted by molar-refractivity contribution is -0.142. The van der Waals surface area contributed by atoms with E-state index in [1.54, 1.807) is 0 Å². The van der Waals surface area contributed by atoms with Crippen LogP contribution in [0, 0.1) is 5.92 Å². The Morgan fingerprint density at radius 2 is 1.68 bits per heavy atom. The van der Waals surface area contributed by atoms with Gasteiger partial charge in [0.25, 0.3) is 0 Å². The lowest BCUT2D eigenvalue weighted by atomic mass is 10.0. The fourth-order valence-corrected chi connectivity index (χ4v) is 4.60. The molecule has 0 saturated carbocycles. The van der Waals surface area contributed by atoms with E-state index >= 15 is 0 Å². The van der Waals surface area contributed by atoms with E-state index < -0.39 is 11.9 Å². The summed E-state index contributed by atoms with van der Waals surface area (Å²) in [4.78, 5) is 28.2. The highest BCUT2D eigenvalue weighted by Crippen LogP contribution is 2.28. The van der Waals surface area contributed by atoms with Crippen molar-refractivity contribution in [2.75, 3.05) is 33.8 Å². The number of benzene rings is 2. The van der Waals surface area contributed by atoms with Gasteiger partial charge in [0.15, 0.2) is 0 Å². The third-order valence-electron chi connectivity index (χ3n) is 6.44. The number of aliphatic carboxylic acids is 1. The van der Waals surface area contributed by atoms with Gasteiger partial charge >= 0.3 is 5.97 Å². The van der Waals surface area contributed by atoms with Crippen LogP contribution in [-0.2, 0) is 22.4 Å². The highest BCUT2D eigenvalue weighted by molar-refractivity contribution is 5.85. The fourth-order valence-electron chi connectivity index (χ4n) is 4.60. The second-order valence-electron chi connectivity index (χ2n) is 9.52. The number of hydrogen-bond acceptors (Lipinski definition) is 4. The average Bonchev–Trinajstić information content (AvgIpc) is 3.10. The van der Waals surface area contributed by atoms with E-state index in [0.717, 1.165) is 38.0 Å². The van der Waals surface area contributed by atoms with Gasteiger partial charge in [0.1, 0.15) is 12.4 Å². The van der Waals surface area contributed by atoms with Gasteiger partial charge < -0.3 is 19.6 Å². The molecule has 2 atom stereocenters. The predicted octanol–water partition coefficient (Wildman–Crippen LogP) is 4.27. The summed E-state index contributed by atoms with van der Waals surface area (Å²) < 4.78 is 6.05. The molecule has 0 aromatic heterocycles. The SMILES string of the molecule is CN(C)CCCCc1ccc(OC[C@@H]2C[C@@H](CC(=O)O)C(=O)N2CCCc2ccccc2)cc1. The number of carboxylic acid groups (broad SMARTS) is 1. The molecule has 34 heavy (non-hydrogen) atoms. The Bertz CT molecular complexity index is 898. The van der Waals surface area contributed by atoms with E-state index in [2.05, 4.69) is 43.3 Å². The molecule has 6 nitrogen and oxygen atoms in total. The second kappa shape index (κ2) is 13.1. The summed E-state index contributed by atoms with van der Waals surface area (Å²) in [7, 11) is 4.19. The van der Waals surface area contributed by atoms with Crippen LogP contribution in [0.4, 0.5) is 0 Å². The molecule has 1 fully saturated rings. The van der Waals surface area contributed by atoms with Crippen LogP contribution in [0.25, 0.3) is 0 Å². The maximum atomic E-state index is 12.9. The zero-order chi connectivity index (χ0) is 24.3. The zero-order valence-electron chi connectivity index (χ0n) is 20.5. The number of hydrogen-bond donors (Lipinski definition) is 1. The minimum absolute atomic E-state index is 0.0582. The van der Waals surface area contributed by atoms with Gasteiger partial charge in [0.05, 0.1) is 18.4 Å². The number of carboxylic acids is 1. The van der Waals surface area contributed by atoms with Crippen LogP contribution in [0.5, 0.6) is 5.75 Å². The van der Waals surface area contributed by atoms with E-state index in [-0.39, 0.29) is 18.4 Å². The molecule has 2 aromatic rings. The van der Waals surface area contributed by atoms with Crippen molar-refractivity contribution in [3.63, 3.8) is 0 Å². The number of unbranched alkanes of at least 4 members (excludes halogenated alkanes) is 1. The van der Waals surface area contributed by atoms with Crippen LogP contribution < -0.4 is 4.74 Å². The van der Waals surface area contributed by atoms with Crippen LogP contribution in [0.3, 0.4) is 0 Å². The molecule has 0 unspecified atom stereocenters. The first-order valence-electron chi connectivity index (χ1n) is 12.3. The molecule has 1 aliphatic rings. The van der Waals surface area contributed by atoms with Crippen molar-refractivity contribution in [2.24, 2.45) is 5.92 Å². The Morgan fingerprint density at radius 1 is 1.00 bits per heavy atom. The number of rotatable bonds is 14. The van der Waals surface area contributed by atoms with Crippen LogP contribution in [0.2, 0.25) is 0 Å². The molecule has 1 amide bonds. The summed E-state index contributed by atoms with van der Waals surface area (Å²) >= 11 is 0. The number of amides is 1. The summed E-state index contributed by atoms with van der Waals surface area (Å²) in [6, 6.07) is 18.3. The Labute approximate surface area is 203 Å². The van der Waals surface area contributed by atoms with Crippen LogP contribution in [0.1, 0.15) is 43.2 Å². The highest BCUT2D eigenvalue weighted by Gasteiger charge is 2.40. The number of carbonyl (C=O) groups excluding carboxylic acids is 1. The van der Waals surface area contributed by atoms with E-state index in [1.165, 1.54) is 17.5 Å². The number of aryl methyl sites for hydroxylation is 2. The first-order valence-corrected chi connectivity index (χ1v) is 12.3. The Kier molecular flexibility index (Phi) is 9.95. The molecule has 2 aromatic carbocycles. The quantitative estimate of drug-likeness (QED) is 0.421. The zero-order valence-corrected chi connectivity index (χ0v) is 20.5. The van der Waals surface area contributed by atoms with E-state index in [1.807, 2.05) is 35.2 Å². The van der Waals surface area contributed by atoms with Crippen molar-refractivity contribution in [3.05, 3.63) is 65.7 Å². The normalized spacial score (nSPS) is 18.0. The fraction of sp³-hybridized carbons (Fsp3) is 0.500. The first-order chi connectivity index (χ1) is 16.4. The number of ether oxygens (including phenoxy) is 1. The van der Waals surface area contributed by atoms with Crippen LogP contribution in [-0.4, -0.2) is 66.6 Å². The maximum Gasteiger partial charge on any atom is 0.304 e. The topological polar surface area (TPSA) is 70.1 Å². The Balaban J connectivity index is 1.52. The summed E-state index contributed by atoms with van der Waals surface area (Å²) in [5.74, 6) is -0.662. The van der Waals surface area contributed by atoms with Gasteiger partial charge in [-0.15, -0.1) is 0 Å². The maximum absolute atomic E-state index is 12.9. The van der Waals surface area contributed by atoms with Crippen molar-refractivity contribution >= 4 is 11.9 Å². The van der Waals surface area contributed by atoms with Gasteiger partial charge in [-0.05, 0) is 82.4 Å². The first kappa shape index (κ1) is 25.8. The molecular formula is C28H38N2O4. The van der Waals surface area contributed by atoms with Crippen LogP contribution in [0.15, 0.2) is 54.6 Å². The molecule has 6 heteroatoms. The van der Waals surface area contributed by atoms with Crippen molar-refractivity contribution in [1.82, 2.24) is 9.80 Å².